The van der Waals surface area contributed by atoms with Gasteiger partial charge < -0.3 is 10.4 Å². The van der Waals surface area contributed by atoms with Crippen LogP contribution in [-0.4, -0.2) is 17.8 Å². The Morgan fingerprint density at radius 3 is 2.29 bits per heavy atom. The molecule has 1 rings (SSSR count). The van der Waals surface area contributed by atoms with Crippen LogP contribution in [0.15, 0.2) is 12.1 Å². The number of aryl methyl sites for hydroxylation is 2. The second-order valence-electron chi connectivity index (χ2n) is 4.66. The van der Waals surface area contributed by atoms with Gasteiger partial charge in [0.2, 0.25) is 0 Å². The Kier molecular flexibility index (Phi) is 5.09. The Morgan fingerprint density at radius 1 is 1.29 bits per heavy atom. The van der Waals surface area contributed by atoms with E-state index in [0.717, 1.165) is 12.0 Å². The average Bonchev–Trinajstić information content (AvgIpc) is 2.31. The van der Waals surface area contributed by atoms with Crippen molar-refractivity contribution in [3.05, 3.63) is 34.6 Å². The van der Waals surface area contributed by atoms with Crippen molar-refractivity contribution in [3.63, 3.8) is 0 Å². The van der Waals surface area contributed by atoms with Crippen molar-refractivity contribution < 1.29 is 9.50 Å². The van der Waals surface area contributed by atoms with Crippen LogP contribution < -0.4 is 5.32 Å². The van der Waals surface area contributed by atoms with Crippen LogP contribution >= 0.6 is 0 Å². The van der Waals surface area contributed by atoms with Gasteiger partial charge in [-0.05, 0) is 43.9 Å². The third-order valence-corrected chi connectivity index (χ3v) is 3.09. The fourth-order valence-electron chi connectivity index (χ4n) is 1.80. The summed E-state index contributed by atoms with van der Waals surface area (Å²) in [5.41, 5.74) is 2.40. The fraction of sp³-hybridized carbons (Fsp3) is 0.571. The lowest BCUT2D eigenvalue weighted by atomic mass is 10.0. The van der Waals surface area contributed by atoms with Crippen LogP contribution in [0.4, 0.5) is 4.39 Å². The smallest absolute Gasteiger partial charge is 0.129 e. The highest BCUT2D eigenvalue weighted by Crippen LogP contribution is 2.19. The lowest BCUT2D eigenvalue weighted by Crippen LogP contribution is -2.28. The van der Waals surface area contributed by atoms with Crippen molar-refractivity contribution in [1.82, 2.24) is 5.32 Å². The first kappa shape index (κ1) is 14.1. The van der Waals surface area contributed by atoms with Crippen molar-refractivity contribution in [2.75, 3.05) is 6.54 Å². The molecule has 2 nitrogen and oxygen atoms in total. The van der Waals surface area contributed by atoms with Gasteiger partial charge in [0.1, 0.15) is 5.82 Å². The molecular formula is C14H22FNO. The van der Waals surface area contributed by atoms with Gasteiger partial charge in [-0.2, -0.15) is 0 Å². The first-order valence-corrected chi connectivity index (χ1v) is 6.13. The first-order chi connectivity index (χ1) is 7.95. The third kappa shape index (κ3) is 3.79. The SMILES string of the molecule is CCC(O)CNC(C)c1cc(C)c(F)c(C)c1. The summed E-state index contributed by atoms with van der Waals surface area (Å²) < 4.78 is 13.5. The van der Waals surface area contributed by atoms with Crippen LogP contribution in [0, 0.1) is 19.7 Å². The van der Waals surface area contributed by atoms with E-state index in [1.54, 1.807) is 13.8 Å². The monoisotopic (exact) mass is 239 g/mol. The van der Waals surface area contributed by atoms with Crippen molar-refractivity contribution in [2.45, 2.75) is 46.3 Å². The molecule has 0 aromatic heterocycles. The molecule has 3 heteroatoms. The third-order valence-electron chi connectivity index (χ3n) is 3.09. The standard InChI is InChI=1S/C14H22FNO/c1-5-13(17)8-16-11(4)12-6-9(2)14(15)10(3)7-12/h6-7,11,13,16-17H,5,8H2,1-4H3. The molecule has 1 aromatic carbocycles. The Balaban J connectivity index is 2.72. The number of hydrogen-bond donors (Lipinski definition) is 2. The van der Waals surface area contributed by atoms with Crippen LogP contribution in [0.2, 0.25) is 0 Å². The molecule has 0 fully saturated rings. The lowest BCUT2D eigenvalue weighted by Gasteiger charge is -2.18. The Bertz CT molecular complexity index is 355. The number of aliphatic hydroxyl groups excluding tert-OH is 1. The number of halogens is 1. The summed E-state index contributed by atoms with van der Waals surface area (Å²) >= 11 is 0. The molecule has 0 aliphatic heterocycles. The first-order valence-electron chi connectivity index (χ1n) is 6.13. The van der Waals surface area contributed by atoms with E-state index in [1.807, 2.05) is 26.0 Å². The quantitative estimate of drug-likeness (QED) is 0.828. The summed E-state index contributed by atoms with van der Waals surface area (Å²) in [7, 11) is 0. The normalized spacial score (nSPS) is 14.7. The molecule has 0 aliphatic rings. The minimum Gasteiger partial charge on any atom is -0.392 e. The molecule has 2 N–H and O–H groups in total. The fourth-order valence-corrected chi connectivity index (χ4v) is 1.80. The Labute approximate surface area is 103 Å². The molecule has 0 aliphatic carbocycles. The number of rotatable bonds is 5. The van der Waals surface area contributed by atoms with Crippen LogP contribution in [-0.2, 0) is 0 Å². The largest absolute Gasteiger partial charge is 0.392 e. The van der Waals surface area contributed by atoms with Crippen molar-refractivity contribution in [3.8, 4) is 0 Å². The van der Waals surface area contributed by atoms with Crippen LogP contribution in [0.5, 0.6) is 0 Å². The van der Waals surface area contributed by atoms with Gasteiger partial charge in [-0.1, -0.05) is 19.1 Å². The highest BCUT2D eigenvalue weighted by Gasteiger charge is 2.11. The maximum absolute atomic E-state index is 13.5. The predicted octanol–water partition coefficient (Wildman–Crippen LogP) is 2.86. The van der Waals surface area contributed by atoms with Crippen LogP contribution in [0.3, 0.4) is 0 Å². The Hall–Kier alpha value is -0.930. The zero-order valence-corrected chi connectivity index (χ0v) is 11.0. The summed E-state index contributed by atoms with van der Waals surface area (Å²) in [4.78, 5) is 0. The minimum atomic E-state index is -0.319. The van der Waals surface area contributed by atoms with Gasteiger partial charge in [0, 0.05) is 12.6 Å². The molecule has 17 heavy (non-hydrogen) atoms. The molecule has 0 bridgehead atoms. The summed E-state index contributed by atoms with van der Waals surface area (Å²) in [5, 5.41) is 12.7. The van der Waals surface area contributed by atoms with E-state index >= 15 is 0 Å². The molecule has 0 amide bonds. The van der Waals surface area contributed by atoms with E-state index in [-0.39, 0.29) is 18.0 Å². The number of benzene rings is 1. The topological polar surface area (TPSA) is 32.3 Å². The van der Waals surface area contributed by atoms with Gasteiger partial charge >= 0.3 is 0 Å². The summed E-state index contributed by atoms with van der Waals surface area (Å²) in [6, 6.07) is 3.84. The second-order valence-corrected chi connectivity index (χ2v) is 4.66. The van der Waals surface area contributed by atoms with Gasteiger partial charge in [0.15, 0.2) is 0 Å². The second kappa shape index (κ2) is 6.12. The van der Waals surface area contributed by atoms with Crippen LogP contribution in [0.25, 0.3) is 0 Å². The lowest BCUT2D eigenvalue weighted by molar-refractivity contribution is 0.163. The zero-order chi connectivity index (χ0) is 13.0. The molecule has 0 radical (unpaired) electrons. The van der Waals surface area contributed by atoms with Gasteiger partial charge in [-0.3, -0.25) is 0 Å². The maximum Gasteiger partial charge on any atom is 0.129 e. The van der Waals surface area contributed by atoms with Crippen LogP contribution in [0.1, 0.15) is 43.0 Å². The molecule has 0 saturated carbocycles. The number of hydrogen-bond acceptors (Lipinski definition) is 2. The average molecular weight is 239 g/mol. The van der Waals surface area contributed by atoms with E-state index < -0.39 is 0 Å². The van der Waals surface area contributed by atoms with Crippen molar-refractivity contribution >= 4 is 0 Å². The highest BCUT2D eigenvalue weighted by molar-refractivity contribution is 5.32. The summed E-state index contributed by atoms with van der Waals surface area (Å²) in [5.74, 6) is -0.130. The van der Waals surface area contributed by atoms with E-state index in [1.165, 1.54) is 0 Å². The minimum absolute atomic E-state index is 0.120. The molecule has 0 saturated heterocycles. The van der Waals surface area contributed by atoms with Crippen molar-refractivity contribution in [2.24, 2.45) is 0 Å². The molecule has 0 spiro atoms. The van der Waals surface area contributed by atoms with Gasteiger partial charge in [-0.25, -0.2) is 4.39 Å². The van der Waals surface area contributed by atoms with Gasteiger partial charge in [0.05, 0.1) is 6.10 Å². The molecular weight excluding hydrogens is 217 g/mol. The molecule has 0 heterocycles. The zero-order valence-electron chi connectivity index (χ0n) is 11.0. The molecule has 2 atom stereocenters. The molecule has 1 aromatic rings. The maximum atomic E-state index is 13.5. The van der Waals surface area contributed by atoms with Crippen molar-refractivity contribution in [1.29, 1.82) is 0 Å². The van der Waals surface area contributed by atoms with E-state index in [4.69, 9.17) is 0 Å². The van der Waals surface area contributed by atoms with E-state index in [2.05, 4.69) is 5.32 Å². The Morgan fingerprint density at radius 2 is 1.82 bits per heavy atom. The highest BCUT2D eigenvalue weighted by atomic mass is 19.1. The van der Waals surface area contributed by atoms with E-state index in [9.17, 15) is 9.50 Å². The summed E-state index contributed by atoms with van der Waals surface area (Å²) in [6.45, 7) is 8.09. The number of aliphatic hydroxyl groups is 1. The van der Waals surface area contributed by atoms with Gasteiger partial charge in [0.25, 0.3) is 0 Å². The molecule has 96 valence electrons. The summed E-state index contributed by atoms with van der Waals surface area (Å²) in [6.07, 6.45) is 0.418. The van der Waals surface area contributed by atoms with E-state index in [0.29, 0.717) is 17.7 Å². The van der Waals surface area contributed by atoms with Gasteiger partial charge in [-0.15, -0.1) is 0 Å². The predicted molar refractivity (Wildman–Crippen MR) is 68.6 cm³/mol. The number of nitrogens with one attached hydrogen (secondary N) is 1. The molecule has 2 unspecified atom stereocenters.